The highest BCUT2D eigenvalue weighted by Gasteiger charge is 2.08. The quantitative estimate of drug-likeness (QED) is 0.921. The molecule has 100 valence electrons. The van der Waals surface area contributed by atoms with Gasteiger partial charge in [0.05, 0.1) is 0 Å². The van der Waals surface area contributed by atoms with Crippen LogP contribution in [0.4, 0.5) is 8.78 Å². The largest absolute Gasteiger partial charge is 0.457 e. The van der Waals surface area contributed by atoms with Crippen LogP contribution < -0.4 is 10.1 Å². The first-order valence-corrected chi connectivity index (χ1v) is 5.83. The van der Waals surface area contributed by atoms with Crippen LogP contribution in [-0.4, -0.2) is 12.0 Å². The van der Waals surface area contributed by atoms with Crippen LogP contribution in [0.3, 0.4) is 0 Å². The van der Waals surface area contributed by atoms with Crippen molar-refractivity contribution in [1.29, 1.82) is 0 Å². The van der Waals surface area contributed by atoms with Gasteiger partial charge in [-0.3, -0.25) is 4.98 Å². The Hall–Kier alpha value is -2.01. The second kappa shape index (κ2) is 5.75. The van der Waals surface area contributed by atoms with Gasteiger partial charge in [-0.1, -0.05) is 0 Å². The maximum atomic E-state index is 13.1. The zero-order chi connectivity index (χ0) is 13.8. The molecule has 5 heteroatoms. The van der Waals surface area contributed by atoms with E-state index in [1.165, 1.54) is 6.07 Å². The predicted octanol–water partition coefficient (Wildman–Crippen LogP) is 3.18. The molecule has 0 aliphatic rings. The molecule has 0 aliphatic heterocycles. The van der Waals surface area contributed by atoms with Crippen LogP contribution in [0.1, 0.15) is 11.3 Å². The molecule has 0 fully saturated rings. The molecule has 0 spiro atoms. The summed E-state index contributed by atoms with van der Waals surface area (Å²) in [5, 5.41) is 3.00. The summed E-state index contributed by atoms with van der Waals surface area (Å²) in [7, 11) is 1.81. The molecule has 0 amide bonds. The molecule has 3 nitrogen and oxygen atoms in total. The maximum Gasteiger partial charge on any atom is 0.162 e. The summed E-state index contributed by atoms with van der Waals surface area (Å²) in [6.45, 7) is 2.41. The molecule has 0 radical (unpaired) electrons. The number of hydrogen-bond acceptors (Lipinski definition) is 3. The number of hydrogen-bond donors (Lipinski definition) is 1. The van der Waals surface area contributed by atoms with Gasteiger partial charge in [-0.15, -0.1) is 0 Å². The van der Waals surface area contributed by atoms with E-state index in [1.54, 1.807) is 19.3 Å². The van der Waals surface area contributed by atoms with Crippen molar-refractivity contribution in [3.05, 3.63) is 53.4 Å². The van der Waals surface area contributed by atoms with E-state index >= 15 is 0 Å². The van der Waals surface area contributed by atoms with Crippen molar-refractivity contribution in [2.75, 3.05) is 7.05 Å². The minimum absolute atomic E-state index is 0.252. The standard InChI is InChI=1S/C14H14F2N2O/c1-9-5-14(10(7-17-2)8-18-9)19-11-3-4-12(15)13(16)6-11/h3-6,8,17H,7H2,1-2H3. The predicted molar refractivity (Wildman–Crippen MR) is 68.2 cm³/mol. The third kappa shape index (κ3) is 3.26. The number of benzene rings is 1. The van der Waals surface area contributed by atoms with Crippen LogP contribution in [0, 0.1) is 18.6 Å². The lowest BCUT2D eigenvalue weighted by atomic mass is 10.2. The zero-order valence-electron chi connectivity index (χ0n) is 10.7. The Morgan fingerprint density at radius 2 is 2.00 bits per heavy atom. The van der Waals surface area contributed by atoms with Crippen LogP contribution >= 0.6 is 0 Å². The molecule has 0 saturated carbocycles. The van der Waals surface area contributed by atoms with Crippen LogP contribution in [0.15, 0.2) is 30.5 Å². The van der Waals surface area contributed by atoms with Gasteiger partial charge in [0.25, 0.3) is 0 Å². The summed E-state index contributed by atoms with van der Waals surface area (Å²) in [5.74, 6) is -0.998. The average Bonchev–Trinajstić information content (AvgIpc) is 2.37. The highest BCUT2D eigenvalue weighted by atomic mass is 19.2. The van der Waals surface area contributed by atoms with E-state index in [9.17, 15) is 8.78 Å². The molecule has 1 N–H and O–H groups in total. The van der Waals surface area contributed by atoms with E-state index in [2.05, 4.69) is 10.3 Å². The third-order valence-corrected chi connectivity index (χ3v) is 2.57. The van der Waals surface area contributed by atoms with E-state index in [1.807, 2.05) is 6.92 Å². The fourth-order valence-corrected chi connectivity index (χ4v) is 1.65. The van der Waals surface area contributed by atoms with Crippen molar-refractivity contribution in [2.45, 2.75) is 13.5 Å². The molecular weight excluding hydrogens is 250 g/mol. The van der Waals surface area contributed by atoms with E-state index in [0.29, 0.717) is 12.3 Å². The molecule has 19 heavy (non-hydrogen) atoms. The number of nitrogens with one attached hydrogen (secondary N) is 1. The first-order valence-electron chi connectivity index (χ1n) is 5.83. The third-order valence-electron chi connectivity index (χ3n) is 2.57. The Morgan fingerprint density at radius 1 is 1.21 bits per heavy atom. The van der Waals surface area contributed by atoms with Crippen LogP contribution in [0.5, 0.6) is 11.5 Å². The average molecular weight is 264 g/mol. The fraction of sp³-hybridized carbons (Fsp3) is 0.214. The SMILES string of the molecule is CNCc1cnc(C)cc1Oc1ccc(F)c(F)c1. The summed E-state index contributed by atoms with van der Waals surface area (Å²) < 4.78 is 31.6. The van der Waals surface area contributed by atoms with Crippen molar-refractivity contribution < 1.29 is 13.5 Å². The second-order valence-corrected chi connectivity index (χ2v) is 4.14. The lowest BCUT2D eigenvalue weighted by molar-refractivity contribution is 0.455. The maximum absolute atomic E-state index is 13.1. The van der Waals surface area contributed by atoms with Crippen molar-refractivity contribution in [2.24, 2.45) is 0 Å². The van der Waals surface area contributed by atoms with E-state index in [-0.39, 0.29) is 5.75 Å². The van der Waals surface area contributed by atoms with E-state index in [0.717, 1.165) is 23.4 Å². The smallest absolute Gasteiger partial charge is 0.162 e. The van der Waals surface area contributed by atoms with Gasteiger partial charge in [-0.25, -0.2) is 8.78 Å². The Morgan fingerprint density at radius 3 is 2.68 bits per heavy atom. The first-order chi connectivity index (χ1) is 9.10. The lowest BCUT2D eigenvalue weighted by Gasteiger charge is -2.11. The minimum atomic E-state index is -0.932. The van der Waals surface area contributed by atoms with Gasteiger partial charge in [0.2, 0.25) is 0 Å². The summed E-state index contributed by atoms with van der Waals surface area (Å²) in [6.07, 6.45) is 1.70. The summed E-state index contributed by atoms with van der Waals surface area (Å²) >= 11 is 0. The van der Waals surface area contributed by atoms with Crippen LogP contribution in [0.2, 0.25) is 0 Å². The van der Waals surface area contributed by atoms with Crippen LogP contribution in [0.25, 0.3) is 0 Å². The van der Waals surface area contributed by atoms with E-state index in [4.69, 9.17) is 4.74 Å². The van der Waals surface area contributed by atoms with Gasteiger partial charge in [-0.2, -0.15) is 0 Å². The van der Waals surface area contributed by atoms with Gasteiger partial charge < -0.3 is 10.1 Å². The van der Waals surface area contributed by atoms with Gasteiger partial charge in [0.1, 0.15) is 11.5 Å². The summed E-state index contributed by atoms with van der Waals surface area (Å²) in [6, 6.07) is 5.20. The molecular formula is C14H14F2N2O. The fourth-order valence-electron chi connectivity index (χ4n) is 1.65. The monoisotopic (exact) mass is 264 g/mol. The zero-order valence-corrected chi connectivity index (χ0v) is 10.7. The Bertz CT molecular complexity index is 588. The molecule has 0 saturated heterocycles. The number of aromatic nitrogens is 1. The molecule has 1 heterocycles. The molecule has 0 aliphatic carbocycles. The minimum Gasteiger partial charge on any atom is -0.457 e. The van der Waals surface area contributed by atoms with Gasteiger partial charge in [0.15, 0.2) is 11.6 Å². The van der Waals surface area contributed by atoms with Gasteiger partial charge >= 0.3 is 0 Å². The molecule has 2 rings (SSSR count). The van der Waals surface area contributed by atoms with E-state index < -0.39 is 11.6 Å². The molecule has 1 aromatic carbocycles. The number of pyridine rings is 1. The summed E-state index contributed by atoms with van der Waals surface area (Å²) in [5.41, 5.74) is 1.63. The number of nitrogens with zero attached hydrogens (tertiary/aromatic N) is 1. The van der Waals surface area contributed by atoms with Crippen molar-refractivity contribution in [3.63, 3.8) is 0 Å². The van der Waals surface area contributed by atoms with Crippen molar-refractivity contribution in [3.8, 4) is 11.5 Å². The number of ether oxygens (including phenoxy) is 1. The number of aryl methyl sites for hydroxylation is 1. The van der Waals surface area contributed by atoms with Gasteiger partial charge in [0, 0.05) is 36.1 Å². The molecule has 2 aromatic rings. The highest BCUT2D eigenvalue weighted by molar-refractivity contribution is 5.37. The Balaban J connectivity index is 2.30. The normalized spacial score (nSPS) is 10.5. The number of rotatable bonds is 4. The second-order valence-electron chi connectivity index (χ2n) is 4.14. The number of halogens is 2. The van der Waals surface area contributed by atoms with Gasteiger partial charge in [-0.05, 0) is 26.1 Å². The molecule has 0 unspecified atom stereocenters. The topological polar surface area (TPSA) is 34.2 Å². The molecule has 1 aromatic heterocycles. The van der Waals surface area contributed by atoms with Crippen molar-refractivity contribution >= 4 is 0 Å². The van der Waals surface area contributed by atoms with Crippen molar-refractivity contribution in [1.82, 2.24) is 10.3 Å². The summed E-state index contributed by atoms with van der Waals surface area (Å²) in [4.78, 5) is 4.18. The molecule has 0 bridgehead atoms. The molecule has 0 atom stereocenters. The first kappa shape index (κ1) is 13.4. The Labute approximate surface area is 110 Å². The van der Waals surface area contributed by atoms with Crippen LogP contribution in [-0.2, 0) is 6.54 Å². The lowest BCUT2D eigenvalue weighted by Crippen LogP contribution is -2.07. The Kier molecular flexibility index (Phi) is 4.06. The highest BCUT2D eigenvalue weighted by Crippen LogP contribution is 2.26.